The van der Waals surface area contributed by atoms with Crippen molar-refractivity contribution in [2.75, 3.05) is 24.7 Å². The first kappa shape index (κ1) is 12.3. The van der Waals surface area contributed by atoms with Crippen molar-refractivity contribution in [3.05, 3.63) is 23.4 Å². The van der Waals surface area contributed by atoms with Crippen molar-refractivity contribution in [1.82, 2.24) is 4.98 Å². The Morgan fingerprint density at radius 2 is 2.24 bits per heavy atom. The highest BCUT2D eigenvalue weighted by Gasteiger charge is 2.31. The number of morpholine rings is 1. The second-order valence-electron chi connectivity index (χ2n) is 5.09. The molecule has 0 spiro atoms. The van der Waals surface area contributed by atoms with Crippen LogP contribution in [0.1, 0.15) is 25.1 Å². The molecule has 1 N–H and O–H groups in total. The first-order valence-corrected chi connectivity index (χ1v) is 5.97. The first-order chi connectivity index (χ1) is 8.04. The number of aromatic nitrogens is 1. The summed E-state index contributed by atoms with van der Waals surface area (Å²) in [6.07, 6.45) is 0. The number of aliphatic hydroxyl groups excluding tert-OH is 1. The number of pyridine rings is 1. The van der Waals surface area contributed by atoms with Gasteiger partial charge in [0.1, 0.15) is 5.82 Å². The van der Waals surface area contributed by atoms with Gasteiger partial charge < -0.3 is 14.7 Å². The standard InChI is InChI=1S/C13H20N2O2/c1-10-11(8-16)4-5-12(14-10)15-6-7-17-9-13(15,2)3/h4-5,16H,6-9H2,1-3H3. The molecule has 4 nitrogen and oxygen atoms in total. The van der Waals surface area contributed by atoms with E-state index in [4.69, 9.17) is 9.84 Å². The van der Waals surface area contributed by atoms with Crippen LogP contribution in [0.2, 0.25) is 0 Å². The number of hydrogen-bond donors (Lipinski definition) is 1. The highest BCUT2D eigenvalue weighted by atomic mass is 16.5. The van der Waals surface area contributed by atoms with Gasteiger partial charge in [-0.2, -0.15) is 0 Å². The number of aryl methyl sites for hydroxylation is 1. The lowest BCUT2D eigenvalue weighted by atomic mass is 10.0. The van der Waals surface area contributed by atoms with Gasteiger partial charge in [-0.25, -0.2) is 4.98 Å². The summed E-state index contributed by atoms with van der Waals surface area (Å²) in [5, 5.41) is 9.15. The Balaban J connectivity index is 2.30. The van der Waals surface area contributed by atoms with Crippen LogP contribution in [0.15, 0.2) is 12.1 Å². The maximum absolute atomic E-state index is 9.15. The van der Waals surface area contributed by atoms with Crippen LogP contribution in [0.5, 0.6) is 0 Å². The van der Waals surface area contributed by atoms with E-state index >= 15 is 0 Å². The largest absolute Gasteiger partial charge is 0.392 e. The van der Waals surface area contributed by atoms with E-state index in [1.54, 1.807) is 0 Å². The van der Waals surface area contributed by atoms with Gasteiger partial charge in [0.25, 0.3) is 0 Å². The predicted molar refractivity (Wildman–Crippen MR) is 67.1 cm³/mol. The average molecular weight is 236 g/mol. The van der Waals surface area contributed by atoms with Crippen LogP contribution in [-0.4, -0.2) is 35.4 Å². The van der Waals surface area contributed by atoms with Crippen LogP contribution >= 0.6 is 0 Å². The van der Waals surface area contributed by atoms with Crippen LogP contribution in [0.25, 0.3) is 0 Å². The Labute approximate surface area is 102 Å². The zero-order valence-corrected chi connectivity index (χ0v) is 10.7. The van der Waals surface area contributed by atoms with Crippen LogP contribution in [0, 0.1) is 6.92 Å². The Kier molecular flexibility index (Phi) is 3.35. The van der Waals surface area contributed by atoms with Gasteiger partial charge >= 0.3 is 0 Å². The fraction of sp³-hybridized carbons (Fsp3) is 0.615. The van der Waals surface area contributed by atoms with Crippen LogP contribution in [0.3, 0.4) is 0 Å². The van der Waals surface area contributed by atoms with Crippen molar-refractivity contribution in [3.8, 4) is 0 Å². The molecule has 0 aliphatic carbocycles. The van der Waals surface area contributed by atoms with Crippen molar-refractivity contribution < 1.29 is 9.84 Å². The summed E-state index contributed by atoms with van der Waals surface area (Å²) in [6, 6.07) is 3.93. The number of ether oxygens (including phenoxy) is 1. The van der Waals surface area contributed by atoms with Crippen molar-refractivity contribution in [2.45, 2.75) is 32.9 Å². The lowest BCUT2D eigenvalue weighted by Gasteiger charge is -2.43. The van der Waals surface area contributed by atoms with Gasteiger partial charge in [-0.1, -0.05) is 6.07 Å². The molecule has 4 heteroatoms. The van der Waals surface area contributed by atoms with E-state index < -0.39 is 0 Å². The molecule has 1 aliphatic heterocycles. The summed E-state index contributed by atoms with van der Waals surface area (Å²) in [5.41, 5.74) is 1.76. The third-order valence-electron chi connectivity index (χ3n) is 3.27. The zero-order chi connectivity index (χ0) is 12.5. The van der Waals surface area contributed by atoms with Gasteiger partial charge in [0.2, 0.25) is 0 Å². The smallest absolute Gasteiger partial charge is 0.129 e. The minimum atomic E-state index is -0.0293. The summed E-state index contributed by atoms with van der Waals surface area (Å²) in [6.45, 7) is 8.61. The number of nitrogens with zero attached hydrogens (tertiary/aromatic N) is 2. The molecule has 1 fully saturated rings. The topological polar surface area (TPSA) is 45.6 Å². The molecule has 94 valence electrons. The fourth-order valence-corrected chi connectivity index (χ4v) is 2.18. The number of rotatable bonds is 2. The molecule has 17 heavy (non-hydrogen) atoms. The predicted octanol–water partition coefficient (Wildman–Crippen LogP) is 1.50. The molecule has 0 radical (unpaired) electrons. The molecule has 0 aromatic carbocycles. The second kappa shape index (κ2) is 4.63. The summed E-state index contributed by atoms with van der Waals surface area (Å²) in [7, 11) is 0. The van der Waals surface area contributed by atoms with Gasteiger partial charge in [0.05, 0.1) is 25.4 Å². The Bertz CT molecular complexity index is 404. The highest BCUT2D eigenvalue weighted by Crippen LogP contribution is 2.26. The number of anilines is 1. The van der Waals surface area contributed by atoms with E-state index in [0.29, 0.717) is 0 Å². The quantitative estimate of drug-likeness (QED) is 0.845. The van der Waals surface area contributed by atoms with Gasteiger partial charge in [-0.3, -0.25) is 0 Å². The highest BCUT2D eigenvalue weighted by molar-refractivity contribution is 5.44. The average Bonchev–Trinajstić information content (AvgIpc) is 2.28. The fourth-order valence-electron chi connectivity index (χ4n) is 2.18. The summed E-state index contributed by atoms with van der Waals surface area (Å²) >= 11 is 0. The van der Waals surface area contributed by atoms with E-state index in [-0.39, 0.29) is 12.1 Å². The third kappa shape index (κ3) is 2.42. The van der Waals surface area contributed by atoms with E-state index in [2.05, 4.69) is 23.7 Å². The Morgan fingerprint density at radius 3 is 2.82 bits per heavy atom. The lowest BCUT2D eigenvalue weighted by molar-refractivity contribution is 0.0639. The van der Waals surface area contributed by atoms with E-state index in [9.17, 15) is 0 Å². The molecule has 1 aromatic rings. The van der Waals surface area contributed by atoms with Gasteiger partial charge in [0, 0.05) is 12.2 Å². The second-order valence-corrected chi connectivity index (χ2v) is 5.09. The molecule has 0 saturated carbocycles. The summed E-state index contributed by atoms with van der Waals surface area (Å²) < 4.78 is 5.50. The van der Waals surface area contributed by atoms with Gasteiger partial charge in [-0.15, -0.1) is 0 Å². The third-order valence-corrected chi connectivity index (χ3v) is 3.27. The van der Waals surface area contributed by atoms with Crippen LogP contribution in [0.4, 0.5) is 5.82 Å². The summed E-state index contributed by atoms with van der Waals surface area (Å²) in [4.78, 5) is 6.84. The van der Waals surface area contributed by atoms with E-state index in [1.165, 1.54) is 0 Å². The molecule has 0 unspecified atom stereocenters. The Morgan fingerprint density at radius 1 is 1.47 bits per heavy atom. The Hall–Kier alpha value is -1.13. The van der Waals surface area contributed by atoms with Crippen LogP contribution < -0.4 is 4.90 Å². The molecule has 1 aliphatic rings. The minimum Gasteiger partial charge on any atom is -0.392 e. The molecule has 0 amide bonds. The molecule has 1 saturated heterocycles. The van der Waals surface area contributed by atoms with Crippen LogP contribution in [-0.2, 0) is 11.3 Å². The van der Waals surface area contributed by atoms with Crippen molar-refractivity contribution >= 4 is 5.82 Å². The summed E-state index contributed by atoms with van der Waals surface area (Å²) in [5.74, 6) is 0.966. The molecule has 2 rings (SSSR count). The monoisotopic (exact) mass is 236 g/mol. The molecule has 1 aromatic heterocycles. The molecular formula is C13H20N2O2. The van der Waals surface area contributed by atoms with Gasteiger partial charge in [-0.05, 0) is 32.4 Å². The van der Waals surface area contributed by atoms with E-state index in [1.807, 2.05) is 19.1 Å². The molecule has 0 bridgehead atoms. The first-order valence-electron chi connectivity index (χ1n) is 5.97. The zero-order valence-electron chi connectivity index (χ0n) is 10.7. The molecule has 0 atom stereocenters. The van der Waals surface area contributed by atoms with E-state index in [0.717, 1.165) is 36.8 Å². The number of aliphatic hydroxyl groups is 1. The maximum atomic E-state index is 9.15. The van der Waals surface area contributed by atoms with Crippen molar-refractivity contribution in [2.24, 2.45) is 0 Å². The van der Waals surface area contributed by atoms with Gasteiger partial charge in [0.15, 0.2) is 0 Å². The normalized spacial score (nSPS) is 19.4. The molecule has 2 heterocycles. The SMILES string of the molecule is Cc1nc(N2CCOCC2(C)C)ccc1CO. The van der Waals surface area contributed by atoms with Crippen molar-refractivity contribution in [1.29, 1.82) is 0 Å². The maximum Gasteiger partial charge on any atom is 0.129 e. The minimum absolute atomic E-state index is 0.0293. The van der Waals surface area contributed by atoms with Crippen molar-refractivity contribution in [3.63, 3.8) is 0 Å². The molecular weight excluding hydrogens is 216 g/mol. The lowest BCUT2D eigenvalue weighted by Crippen LogP contribution is -2.53. The number of hydrogen-bond acceptors (Lipinski definition) is 4.